The normalized spacial score (nSPS) is 19.1. The lowest BCUT2D eigenvalue weighted by Gasteiger charge is -2.31. The lowest BCUT2D eigenvalue weighted by atomic mass is 9.98. The zero-order valence-corrected chi connectivity index (χ0v) is 13.3. The number of nitrogens with two attached hydrogens (primary N) is 1. The third kappa shape index (κ3) is 3.43. The second-order valence-electron chi connectivity index (χ2n) is 4.77. The molecule has 120 valence electrons. The molecule has 0 unspecified atom stereocenters. The van der Waals surface area contributed by atoms with E-state index in [1.54, 1.807) is 0 Å². The highest BCUT2D eigenvalue weighted by Gasteiger charge is 2.43. The van der Waals surface area contributed by atoms with Crippen LogP contribution in [0.15, 0.2) is 20.0 Å². The van der Waals surface area contributed by atoms with Crippen LogP contribution in [0.4, 0.5) is 13.2 Å². The van der Waals surface area contributed by atoms with Gasteiger partial charge >= 0.3 is 6.18 Å². The maximum Gasteiger partial charge on any atom is 0.391 e. The van der Waals surface area contributed by atoms with E-state index in [4.69, 9.17) is 10.2 Å². The molecule has 5 nitrogen and oxygen atoms in total. The molecule has 0 saturated carbocycles. The monoisotopic (exact) mass is 390 g/mol. The van der Waals surface area contributed by atoms with Crippen LogP contribution in [0.1, 0.15) is 18.6 Å². The molecular weight excluding hydrogens is 377 g/mol. The van der Waals surface area contributed by atoms with Gasteiger partial charge in [-0.25, -0.2) is 8.42 Å². The Morgan fingerprint density at radius 3 is 2.38 bits per heavy atom. The summed E-state index contributed by atoms with van der Waals surface area (Å²) < 4.78 is 68.8. The van der Waals surface area contributed by atoms with Crippen molar-refractivity contribution < 1.29 is 26.0 Å². The van der Waals surface area contributed by atoms with E-state index < -0.39 is 22.1 Å². The van der Waals surface area contributed by atoms with Gasteiger partial charge in [-0.15, -0.1) is 0 Å². The number of furan rings is 1. The highest BCUT2D eigenvalue weighted by atomic mass is 79.9. The molecule has 0 aromatic carbocycles. The van der Waals surface area contributed by atoms with E-state index in [0.29, 0.717) is 0 Å². The van der Waals surface area contributed by atoms with Crippen LogP contribution in [0.25, 0.3) is 0 Å². The molecule has 1 aromatic rings. The van der Waals surface area contributed by atoms with Crippen molar-refractivity contribution in [3.05, 3.63) is 16.5 Å². The molecule has 0 aliphatic carbocycles. The standard InChI is InChI=1S/C11H14BrF3N2O3S/c12-10-9(5-8(6-16)20-10)21(18,19)17-3-1-7(2-4-17)11(13,14)15/h5,7H,1-4,6,16H2. The highest BCUT2D eigenvalue weighted by Crippen LogP contribution is 2.36. The summed E-state index contributed by atoms with van der Waals surface area (Å²) in [7, 11) is -3.88. The molecule has 1 aliphatic heterocycles. The van der Waals surface area contributed by atoms with Crippen molar-refractivity contribution in [3.63, 3.8) is 0 Å². The smallest absolute Gasteiger partial charge is 0.391 e. The number of sulfonamides is 1. The predicted molar refractivity (Wildman–Crippen MR) is 71.8 cm³/mol. The Morgan fingerprint density at radius 2 is 1.95 bits per heavy atom. The minimum atomic E-state index is -4.28. The minimum Gasteiger partial charge on any atom is -0.452 e. The molecular formula is C11H14BrF3N2O3S. The van der Waals surface area contributed by atoms with E-state index in [1.807, 2.05) is 0 Å². The number of halogens is 4. The van der Waals surface area contributed by atoms with Crippen molar-refractivity contribution in [3.8, 4) is 0 Å². The number of rotatable bonds is 3. The van der Waals surface area contributed by atoms with Crippen molar-refractivity contribution >= 4 is 26.0 Å². The molecule has 2 N–H and O–H groups in total. The molecule has 0 amide bonds. The van der Waals surface area contributed by atoms with Gasteiger partial charge in [0, 0.05) is 19.2 Å². The lowest BCUT2D eigenvalue weighted by molar-refractivity contribution is -0.182. The summed E-state index contributed by atoms with van der Waals surface area (Å²) in [4.78, 5) is -0.103. The zero-order valence-electron chi connectivity index (χ0n) is 10.9. The van der Waals surface area contributed by atoms with E-state index in [-0.39, 0.29) is 47.8 Å². The summed E-state index contributed by atoms with van der Waals surface area (Å²) in [6, 6.07) is 1.29. The fourth-order valence-corrected chi connectivity index (χ4v) is 4.67. The lowest BCUT2D eigenvalue weighted by Crippen LogP contribution is -2.42. The van der Waals surface area contributed by atoms with Crippen LogP contribution >= 0.6 is 15.9 Å². The van der Waals surface area contributed by atoms with Crippen LogP contribution in [0.2, 0.25) is 0 Å². The molecule has 10 heteroatoms. The molecule has 0 spiro atoms. The number of alkyl halides is 3. The second-order valence-corrected chi connectivity index (χ2v) is 7.40. The van der Waals surface area contributed by atoms with E-state index in [9.17, 15) is 21.6 Å². The first kappa shape index (κ1) is 16.8. The van der Waals surface area contributed by atoms with Crippen molar-refractivity contribution in [1.29, 1.82) is 0 Å². The molecule has 21 heavy (non-hydrogen) atoms. The van der Waals surface area contributed by atoms with Crippen LogP contribution in [0, 0.1) is 5.92 Å². The van der Waals surface area contributed by atoms with E-state index >= 15 is 0 Å². The summed E-state index contributed by atoms with van der Waals surface area (Å²) >= 11 is 3.00. The quantitative estimate of drug-likeness (QED) is 0.859. The van der Waals surface area contributed by atoms with Crippen molar-refractivity contribution in [2.45, 2.75) is 30.5 Å². The van der Waals surface area contributed by atoms with E-state index in [2.05, 4.69) is 15.9 Å². The van der Waals surface area contributed by atoms with Crippen molar-refractivity contribution in [1.82, 2.24) is 4.31 Å². The third-order valence-corrected chi connectivity index (χ3v) is 6.20. The first-order valence-corrected chi connectivity index (χ1v) is 8.44. The number of nitrogens with zero attached hydrogens (tertiary/aromatic N) is 1. The van der Waals surface area contributed by atoms with Gasteiger partial charge in [-0.05, 0) is 28.8 Å². The Bertz CT molecular complexity index is 607. The summed E-state index contributed by atoms with van der Waals surface area (Å²) in [5.41, 5.74) is 5.37. The summed E-state index contributed by atoms with van der Waals surface area (Å²) in [5, 5.41) is 0. The Hall–Kier alpha value is -0.580. The molecule has 1 aromatic heterocycles. The average Bonchev–Trinajstić information content (AvgIpc) is 2.80. The van der Waals surface area contributed by atoms with Gasteiger partial charge in [-0.3, -0.25) is 0 Å². The van der Waals surface area contributed by atoms with Crippen LogP contribution in [-0.2, 0) is 16.6 Å². The Morgan fingerprint density at radius 1 is 1.38 bits per heavy atom. The van der Waals surface area contributed by atoms with Crippen LogP contribution < -0.4 is 5.73 Å². The van der Waals surface area contributed by atoms with E-state index in [0.717, 1.165) is 4.31 Å². The number of hydrogen-bond acceptors (Lipinski definition) is 4. The molecule has 1 saturated heterocycles. The second kappa shape index (κ2) is 5.90. The summed E-state index contributed by atoms with van der Waals surface area (Å²) in [6.07, 6.45) is -4.75. The minimum absolute atomic E-state index is 0.0147. The van der Waals surface area contributed by atoms with E-state index in [1.165, 1.54) is 6.07 Å². The van der Waals surface area contributed by atoms with Gasteiger partial charge in [0.05, 0.1) is 12.5 Å². The number of hydrogen-bond donors (Lipinski definition) is 1. The molecule has 0 atom stereocenters. The molecule has 0 bridgehead atoms. The Balaban J connectivity index is 2.17. The topological polar surface area (TPSA) is 76.5 Å². The first-order chi connectivity index (χ1) is 9.66. The molecule has 2 heterocycles. The fraction of sp³-hybridized carbons (Fsp3) is 0.636. The predicted octanol–water partition coefficient (Wildman–Crippen LogP) is 2.46. The number of piperidine rings is 1. The Labute approximate surface area is 128 Å². The third-order valence-electron chi connectivity index (χ3n) is 3.44. The zero-order chi connectivity index (χ0) is 15.8. The molecule has 1 aliphatic rings. The van der Waals surface area contributed by atoms with Gasteiger partial charge in [-0.1, -0.05) is 0 Å². The van der Waals surface area contributed by atoms with Gasteiger partial charge < -0.3 is 10.2 Å². The van der Waals surface area contributed by atoms with Crippen molar-refractivity contribution in [2.24, 2.45) is 11.7 Å². The maximum absolute atomic E-state index is 12.6. The summed E-state index contributed by atoms with van der Waals surface area (Å²) in [5.74, 6) is -1.16. The van der Waals surface area contributed by atoms with Gasteiger partial charge in [0.15, 0.2) is 4.67 Å². The molecule has 2 rings (SSSR count). The Kier molecular flexibility index (Phi) is 4.72. The van der Waals surface area contributed by atoms with Crippen LogP contribution in [0.5, 0.6) is 0 Å². The molecule has 1 fully saturated rings. The van der Waals surface area contributed by atoms with Gasteiger partial charge in [0.1, 0.15) is 10.7 Å². The van der Waals surface area contributed by atoms with Crippen LogP contribution in [-0.4, -0.2) is 32.0 Å². The van der Waals surface area contributed by atoms with Crippen LogP contribution in [0.3, 0.4) is 0 Å². The first-order valence-electron chi connectivity index (χ1n) is 6.21. The average molecular weight is 391 g/mol. The molecule has 0 radical (unpaired) electrons. The SMILES string of the molecule is NCc1cc(S(=O)(=O)N2CCC(C(F)(F)F)CC2)c(Br)o1. The highest BCUT2D eigenvalue weighted by molar-refractivity contribution is 9.10. The van der Waals surface area contributed by atoms with Gasteiger partial charge in [0.2, 0.25) is 10.0 Å². The fourth-order valence-electron chi connectivity index (χ4n) is 2.24. The van der Waals surface area contributed by atoms with Gasteiger partial charge in [-0.2, -0.15) is 17.5 Å². The largest absolute Gasteiger partial charge is 0.452 e. The van der Waals surface area contributed by atoms with Gasteiger partial charge in [0.25, 0.3) is 0 Å². The van der Waals surface area contributed by atoms with Crippen molar-refractivity contribution in [2.75, 3.05) is 13.1 Å². The summed E-state index contributed by atoms with van der Waals surface area (Å²) in [6.45, 7) is -0.297. The maximum atomic E-state index is 12.6.